The molecule has 0 heterocycles. The van der Waals surface area contributed by atoms with Gasteiger partial charge < -0.3 is 24.4 Å². The number of rotatable bonds is 11. The lowest BCUT2D eigenvalue weighted by atomic mass is 9.88. The second kappa shape index (κ2) is 12.4. The first kappa shape index (κ1) is 26.4. The highest BCUT2D eigenvalue weighted by Gasteiger charge is 2.22. The van der Waals surface area contributed by atoms with Gasteiger partial charge in [0.05, 0.1) is 39.5 Å². The normalized spacial score (nSPS) is 13.2. The minimum Gasteiger partial charge on any atom is -0.493 e. The molecule has 0 amide bonds. The van der Waals surface area contributed by atoms with Gasteiger partial charge in [-0.05, 0) is 47.7 Å². The van der Waals surface area contributed by atoms with Gasteiger partial charge in [-0.2, -0.15) is 0 Å². The maximum Gasteiger partial charge on any atom is 0.308 e. The van der Waals surface area contributed by atoms with Crippen LogP contribution < -0.4 is 9.47 Å². The largest absolute Gasteiger partial charge is 0.493 e. The Kier molecular flexibility index (Phi) is 9.88. The van der Waals surface area contributed by atoms with Crippen LogP contribution in [0.4, 0.5) is 4.39 Å². The number of carbonyl (C=O) groups excluding carboxylic acids is 1. The topological polar surface area (TPSA) is 85.2 Å². The zero-order valence-electron chi connectivity index (χ0n) is 19.8. The van der Waals surface area contributed by atoms with E-state index in [2.05, 4.69) is 0 Å². The molecule has 0 bridgehead atoms. The van der Waals surface area contributed by atoms with Crippen molar-refractivity contribution in [3.05, 3.63) is 53.4 Å². The van der Waals surface area contributed by atoms with Gasteiger partial charge in [0.15, 0.2) is 11.5 Å². The fourth-order valence-electron chi connectivity index (χ4n) is 3.65. The van der Waals surface area contributed by atoms with Gasteiger partial charge in [0.25, 0.3) is 0 Å². The highest BCUT2D eigenvalue weighted by Crippen LogP contribution is 2.45. The molecule has 0 saturated carbocycles. The molecule has 0 saturated heterocycles. The van der Waals surface area contributed by atoms with Gasteiger partial charge in [-0.25, -0.2) is 4.39 Å². The van der Waals surface area contributed by atoms with E-state index in [4.69, 9.17) is 14.2 Å². The fourth-order valence-corrected chi connectivity index (χ4v) is 3.65. The first-order valence-corrected chi connectivity index (χ1v) is 11.0. The minimum absolute atomic E-state index is 0.0223. The van der Waals surface area contributed by atoms with Crippen LogP contribution >= 0.6 is 0 Å². The fraction of sp³-hybridized carbons (Fsp3) is 0.423. The van der Waals surface area contributed by atoms with Gasteiger partial charge in [0.1, 0.15) is 5.82 Å². The zero-order chi connectivity index (χ0) is 24.5. The van der Waals surface area contributed by atoms with Crippen molar-refractivity contribution >= 4 is 12.0 Å². The molecule has 2 N–H and O–H groups in total. The maximum absolute atomic E-state index is 13.6. The van der Waals surface area contributed by atoms with E-state index >= 15 is 0 Å². The van der Waals surface area contributed by atoms with Crippen LogP contribution in [0.1, 0.15) is 50.7 Å². The van der Waals surface area contributed by atoms with Crippen LogP contribution in [0.5, 0.6) is 11.5 Å². The van der Waals surface area contributed by atoms with E-state index in [0.29, 0.717) is 17.1 Å². The maximum atomic E-state index is 13.6. The van der Waals surface area contributed by atoms with Gasteiger partial charge in [0.2, 0.25) is 0 Å². The standard InChI is InChI=1S/C26H33FO6/c1-6-33-24(30)14-20(29)13-19(28)11-12-21-22(16(2)3)15-23(31-4)26(32-5)25(21)17-7-9-18(27)10-8-17/h7-12,15-16,19-20,28-29H,6,13-14H2,1-5H3. The third kappa shape index (κ3) is 7.04. The van der Waals surface area contributed by atoms with E-state index in [0.717, 1.165) is 16.7 Å². The Morgan fingerprint density at radius 1 is 1.12 bits per heavy atom. The molecule has 0 aliphatic carbocycles. The van der Waals surface area contributed by atoms with Crippen LogP contribution in [0, 0.1) is 5.82 Å². The third-order valence-electron chi connectivity index (χ3n) is 5.20. The average Bonchev–Trinajstić information content (AvgIpc) is 2.76. The Morgan fingerprint density at radius 2 is 1.79 bits per heavy atom. The van der Waals surface area contributed by atoms with Crippen LogP contribution in [-0.2, 0) is 9.53 Å². The third-order valence-corrected chi connectivity index (χ3v) is 5.20. The molecular formula is C26H33FO6. The molecule has 0 aliphatic heterocycles. The number of hydrogen-bond acceptors (Lipinski definition) is 6. The molecule has 180 valence electrons. The lowest BCUT2D eigenvalue weighted by Gasteiger charge is -2.21. The van der Waals surface area contributed by atoms with Gasteiger partial charge in [0, 0.05) is 12.0 Å². The van der Waals surface area contributed by atoms with Crippen molar-refractivity contribution in [3.8, 4) is 22.6 Å². The Morgan fingerprint density at radius 3 is 2.33 bits per heavy atom. The summed E-state index contributed by atoms with van der Waals surface area (Å²) in [5.74, 6) is 0.276. The second-order valence-corrected chi connectivity index (χ2v) is 7.98. The Bertz CT molecular complexity index is 952. The van der Waals surface area contributed by atoms with Crippen LogP contribution in [0.15, 0.2) is 36.4 Å². The predicted octanol–water partition coefficient (Wildman–Crippen LogP) is 4.71. The Balaban J connectivity index is 2.49. The molecule has 2 rings (SSSR count). The summed E-state index contributed by atoms with van der Waals surface area (Å²) >= 11 is 0. The van der Waals surface area contributed by atoms with E-state index < -0.39 is 18.2 Å². The molecule has 7 heteroatoms. The smallest absolute Gasteiger partial charge is 0.308 e. The Hall–Kier alpha value is -2.90. The number of methoxy groups -OCH3 is 2. The van der Waals surface area contributed by atoms with Crippen LogP contribution in [0.2, 0.25) is 0 Å². The van der Waals surface area contributed by atoms with E-state index in [9.17, 15) is 19.4 Å². The molecule has 33 heavy (non-hydrogen) atoms. The summed E-state index contributed by atoms with van der Waals surface area (Å²) in [6.45, 7) is 5.99. The SMILES string of the molecule is CCOC(=O)CC(O)CC(O)C=Cc1c(C(C)C)cc(OC)c(OC)c1-c1ccc(F)cc1. The predicted molar refractivity (Wildman–Crippen MR) is 126 cm³/mol. The molecule has 2 aromatic rings. The summed E-state index contributed by atoms with van der Waals surface area (Å²) in [7, 11) is 3.09. The van der Waals surface area contributed by atoms with Crippen molar-refractivity contribution in [1.82, 2.24) is 0 Å². The lowest BCUT2D eigenvalue weighted by Crippen LogP contribution is -2.20. The van der Waals surface area contributed by atoms with Crippen LogP contribution in [-0.4, -0.2) is 49.2 Å². The first-order valence-electron chi connectivity index (χ1n) is 11.0. The average molecular weight is 461 g/mol. The van der Waals surface area contributed by atoms with Crippen molar-refractivity contribution in [2.45, 2.75) is 51.7 Å². The van der Waals surface area contributed by atoms with Gasteiger partial charge in [-0.3, -0.25) is 4.79 Å². The highest BCUT2D eigenvalue weighted by atomic mass is 19.1. The van der Waals surface area contributed by atoms with Crippen molar-refractivity contribution < 1.29 is 33.6 Å². The summed E-state index contributed by atoms with van der Waals surface area (Å²) < 4.78 is 29.6. The van der Waals surface area contributed by atoms with Gasteiger partial charge in [-0.1, -0.05) is 38.1 Å². The number of aliphatic hydroxyl groups is 2. The Labute approximate surface area is 194 Å². The van der Waals surface area contributed by atoms with E-state index in [-0.39, 0.29) is 31.2 Å². The highest BCUT2D eigenvalue weighted by molar-refractivity contribution is 5.85. The summed E-state index contributed by atoms with van der Waals surface area (Å²) in [6.07, 6.45) is 1.09. The number of benzene rings is 2. The number of halogens is 1. The van der Waals surface area contributed by atoms with Crippen LogP contribution in [0.25, 0.3) is 17.2 Å². The number of hydrogen-bond donors (Lipinski definition) is 2. The molecule has 0 aliphatic rings. The quantitative estimate of drug-likeness (QED) is 0.473. The van der Waals surface area contributed by atoms with E-state index in [1.165, 1.54) is 19.2 Å². The molecule has 0 radical (unpaired) electrons. The molecule has 0 aromatic heterocycles. The van der Waals surface area contributed by atoms with Gasteiger partial charge >= 0.3 is 5.97 Å². The number of carbonyl (C=O) groups is 1. The summed E-state index contributed by atoms with van der Waals surface area (Å²) in [5, 5.41) is 20.6. The second-order valence-electron chi connectivity index (χ2n) is 7.98. The molecule has 2 unspecified atom stereocenters. The van der Waals surface area contributed by atoms with Crippen molar-refractivity contribution in [2.75, 3.05) is 20.8 Å². The molecule has 2 aromatic carbocycles. The van der Waals surface area contributed by atoms with E-state index in [1.807, 2.05) is 19.9 Å². The number of ether oxygens (including phenoxy) is 3. The molecule has 0 spiro atoms. The van der Waals surface area contributed by atoms with Gasteiger partial charge in [-0.15, -0.1) is 0 Å². The number of esters is 1. The molecule has 2 atom stereocenters. The van der Waals surface area contributed by atoms with Crippen molar-refractivity contribution in [1.29, 1.82) is 0 Å². The zero-order valence-corrected chi connectivity index (χ0v) is 19.8. The first-order chi connectivity index (χ1) is 15.7. The summed E-state index contributed by atoms with van der Waals surface area (Å²) in [5.41, 5.74) is 3.16. The van der Waals surface area contributed by atoms with Crippen LogP contribution in [0.3, 0.4) is 0 Å². The molecule has 6 nitrogen and oxygen atoms in total. The minimum atomic E-state index is -1.03. The van der Waals surface area contributed by atoms with Crippen molar-refractivity contribution in [2.24, 2.45) is 0 Å². The van der Waals surface area contributed by atoms with Crippen molar-refractivity contribution in [3.63, 3.8) is 0 Å². The summed E-state index contributed by atoms with van der Waals surface area (Å²) in [6, 6.07) is 7.95. The summed E-state index contributed by atoms with van der Waals surface area (Å²) in [4.78, 5) is 11.6. The monoisotopic (exact) mass is 460 g/mol. The van der Waals surface area contributed by atoms with E-state index in [1.54, 1.807) is 38.3 Å². The molecule has 0 fully saturated rings. The lowest BCUT2D eigenvalue weighted by molar-refractivity contribution is -0.145. The molecular weight excluding hydrogens is 427 g/mol. The number of aliphatic hydroxyl groups excluding tert-OH is 2.